The van der Waals surface area contributed by atoms with Crippen molar-refractivity contribution in [2.75, 3.05) is 7.11 Å². The van der Waals surface area contributed by atoms with Gasteiger partial charge in [0.2, 0.25) is 5.91 Å². The Hall–Kier alpha value is -2.57. The van der Waals surface area contributed by atoms with Crippen LogP contribution < -0.4 is 10.6 Å². The third-order valence-corrected chi connectivity index (χ3v) is 5.70. The fourth-order valence-corrected chi connectivity index (χ4v) is 3.88. The van der Waals surface area contributed by atoms with Crippen LogP contribution in [-0.2, 0) is 25.7 Å². The number of ether oxygens (including phenoxy) is 2. The average Bonchev–Trinajstić information content (AvgIpc) is 2.75. The molecular formula is C24H36N2O5. The van der Waals surface area contributed by atoms with E-state index < -0.39 is 35.5 Å². The topological polar surface area (TPSA) is 93.7 Å². The number of alkyl carbamates (subject to hydrolysis) is 1. The van der Waals surface area contributed by atoms with Crippen LogP contribution in [0.3, 0.4) is 0 Å². The van der Waals surface area contributed by atoms with Crippen molar-refractivity contribution in [3.8, 4) is 0 Å². The standard InChI is InChI=1S/C24H36N2O5/c1-24(2,3)20(22(28)30-4)26-21(27)19(15-17-11-7-5-8-12-17)25-23(29)31-16-18-13-9-6-10-14-18/h6,9-10,13-14,17,19-20H,5,7-8,11-12,15-16H2,1-4H3,(H,25,29)(H,26,27)/t19-,20+/m0/s1. The molecule has 2 amide bonds. The molecule has 1 aromatic rings. The van der Waals surface area contributed by atoms with Crippen LogP contribution in [0.2, 0.25) is 0 Å². The summed E-state index contributed by atoms with van der Waals surface area (Å²) in [4.78, 5) is 37.8. The van der Waals surface area contributed by atoms with Gasteiger partial charge in [0.25, 0.3) is 0 Å². The third-order valence-electron chi connectivity index (χ3n) is 5.70. The molecule has 31 heavy (non-hydrogen) atoms. The minimum Gasteiger partial charge on any atom is -0.467 e. The summed E-state index contributed by atoms with van der Waals surface area (Å²) < 4.78 is 10.2. The molecule has 0 aromatic heterocycles. The van der Waals surface area contributed by atoms with Crippen LogP contribution in [0.1, 0.15) is 64.9 Å². The summed E-state index contributed by atoms with van der Waals surface area (Å²) in [5.74, 6) is -0.554. The van der Waals surface area contributed by atoms with E-state index in [9.17, 15) is 14.4 Å². The van der Waals surface area contributed by atoms with Crippen LogP contribution >= 0.6 is 0 Å². The van der Waals surface area contributed by atoms with Crippen LogP contribution in [-0.4, -0.2) is 37.2 Å². The number of benzene rings is 1. The fraction of sp³-hybridized carbons (Fsp3) is 0.625. The highest BCUT2D eigenvalue weighted by Gasteiger charge is 2.36. The third kappa shape index (κ3) is 8.23. The first-order valence-corrected chi connectivity index (χ1v) is 11.1. The van der Waals surface area contributed by atoms with Crippen molar-refractivity contribution in [3.63, 3.8) is 0 Å². The molecule has 0 saturated heterocycles. The lowest BCUT2D eigenvalue weighted by atomic mass is 9.84. The van der Waals surface area contributed by atoms with E-state index in [-0.39, 0.29) is 6.61 Å². The van der Waals surface area contributed by atoms with E-state index in [4.69, 9.17) is 9.47 Å². The molecule has 1 aromatic carbocycles. The number of carbonyl (C=O) groups excluding carboxylic acids is 3. The second kappa shape index (κ2) is 11.7. The van der Waals surface area contributed by atoms with Gasteiger partial charge in [-0.25, -0.2) is 9.59 Å². The quantitative estimate of drug-likeness (QED) is 0.607. The Bertz CT molecular complexity index is 723. The van der Waals surface area contributed by atoms with Gasteiger partial charge in [-0.15, -0.1) is 0 Å². The Balaban J connectivity index is 2.06. The Morgan fingerprint density at radius 2 is 1.68 bits per heavy atom. The van der Waals surface area contributed by atoms with E-state index in [2.05, 4.69) is 10.6 Å². The lowest BCUT2D eigenvalue weighted by Crippen LogP contribution is -2.56. The van der Waals surface area contributed by atoms with E-state index in [0.29, 0.717) is 12.3 Å². The maximum absolute atomic E-state index is 13.1. The molecule has 2 atom stereocenters. The zero-order chi connectivity index (χ0) is 22.9. The van der Waals surface area contributed by atoms with Gasteiger partial charge in [-0.1, -0.05) is 83.2 Å². The molecule has 172 valence electrons. The number of hydrogen-bond acceptors (Lipinski definition) is 5. The second-order valence-corrected chi connectivity index (χ2v) is 9.33. The van der Waals surface area contributed by atoms with Gasteiger partial charge in [-0.05, 0) is 23.3 Å². The van der Waals surface area contributed by atoms with Crippen LogP contribution in [0, 0.1) is 11.3 Å². The van der Waals surface area contributed by atoms with Crippen molar-refractivity contribution >= 4 is 18.0 Å². The minimum atomic E-state index is -0.819. The maximum Gasteiger partial charge on any atom is 0.408 e. The molecule has 7 nitrogen and oxygen atoms in total. The van der Waals surface area contributed by atoms with Crippen molar-refractivity contribution in [2.45, 2.75) is 78.0 Å². The Morgan fingerprint density at radius 1 is 1.03 bits per heavy atom. The number of esters is 1. The predicted molar refractivity (Wildman–Crippen MR) is 118 cm³/mol. The van der Waals surface area contributed by atoms with E-state index in [1.807, 2.05) is 51.1 Å². The van der Waals surface area contributed by atoms with Crippen LogP contribution in [0.15, 0.2) is 30.3 Å². The first kappa shape index (κ1) is 24.7. The van der Waals surface area contributed by atoms with E-state index >= 15 is 0 Å². The Morgan fingerprint density at radius 3 is 2.26 bits per heavy atom. The number of carbonyl (C=O) groups is 3. The zero-order valence-corrected chi connectivity index (χ0v) is 19.1. The molecule has 2 N–H and O–H groups in total. The summed E-state index contributed by atoms with van der Waals surface area (Å²) in [6, 6.07) is 7.77. The van der Waals surface area contributed by atoms with Gasteiger partial charge in [0, 0.05) is 0 Å². The molecule has 0 unspecified atom stereocenters. The van der Waals surface area contributed by atoms with Gasteiger partial charge >= 0.3 is 12.1 Å². The van der Waals surface area contributed by atoms with E-state index in [0.717, 1.165) is 31.2 Å². The molecule has 0 heterocycles. The molecule has 0 spiro atoms. The Labute approximate surface area is 185 Å². The molecule has 1 saturated carbocycles. The molecule has 0 bridgehead atoms. The SMILES string of the molecule is COC(=O)[C@@H](NC(=O)[C@H](CC1CCCCC1)NC(=O)OCc1ccccc1)C(C)(C)C. The molecule has 1 aliphatic rings. The van der Waals surface area contributed by atoms with Gasteiger partial charge < -0.3 is 20.1 Å². The predicted octanol–water partition coefficient (Wildman–Crippen LogP) is 3.96. The van der Waals surface area contributed by atoms with Crippen molar-refractivity contribution in [1.82, 2.24) is 10.6 Å². The van der Waals surface area contributed by atoms with Crippen LogP contribution in [0.4, 0.5) is 4.79 Å². The second-order valence-electron chi connectivity index (χ2n) is 9.33. The van der Waals surface area contributed by atoms with Gasteiger partial charge in [0.1, 0.15) is 18.7 Å². The van der Waals surface area contributed by atoms with Crippen LogP contribution in [0.5, 0.6) is 0 Å². The first-order valence-electron chi connectivity index (χ1n) is 11.1. The number of nitrogens with one attached hydrogen (secondary N) is 2. The van der Waals surface area contributed by atoms with Crippen molar-refractivity contribution in [2.24, 2.45) is 11.3 Å². The molecule has 2 rings (SSSR count). The van der Waals surface area contributed by atoms with Gasteiger partial charge in [-0.2, -0.15) is 0 Å². The molecule has 0 aliphatic heterocycles. The monoisotopic (exact) mass is 432 g/mol. The Kier molecular flexibility index (Phi) is 9.34. The largest absolute Gasteiger partial charge is 0.467 e. The smallest absolute Gasteiger partial charge is 0.408 e. The molecule has 1 aliphatic carbocycles. The lowest BCUT2D eigenvalue weighted by Gasteiger charge is -2.32. The lowest BCUT2D eigenvalue weighted by molar-refractivity contribution is -0.148. The summed E-state index contributed by atoms with van der Waals surface area (Å²) in [5.41, 5.74) is 0.329. The summed E-state index contributed by atoms with van der Waals surface area (Å²) in [5, 5.41) is 5.52. The maximum atomic E-state index is 13.1. The number of rotatable bonds is 8. The van der Waals surface area contributed by atoms with Gasteiger partial charge in [0.15, 0.2) is 0 Å². The first-order chi connectivity index (χ1) is 14.7. The summed E-state index contributed by atoms with van der Waals surface area (Å²) >= 11 is 0. The number of amides is 2. The number of hydrogen-bond donors (Lipinski definition) is 2. The highest BCUT2D eigenvalue weighted by Crippen LogP contribution is 2.28. The van der Waals surface area contributed by atoms with Gasteiger partial charge in [0.05, 0.1) is 7.11 Å². The highest BCUT2D eigenvalue weighted by atomic mass is 16.5. The van der Waals surface area contributed by atoms with Crippen LogP contribution in [0.25, 0.3) is 0 Å². The zero-order valence-electron chi connectivity index (χ0n) is 19.1. The molecule has 0 radical (unpaired) electrons. The molecule has 7 heteroatoms. The fourth-order valence-electron chi connectivity index (χ4n) is 3.88. The van der Waals surface area contributed by atoms with E-state index in [1.165, 1.54) is 13.5 Å². The highest BCUT2D eigenvalue weighted by molar-refractivity contribution is 5.90. The summed E-state index contributed by atoms with van der Waals surface area (Å²) in [7, 11) is 1.30. The molecular weight excluding hydrogens is 396 g/mol. The average molecular weight is 433 g/mol. The van der Waals surface area contributed by atoms with E-state index in [1.54, 1.807) is 0 Å². The number of methoxy groups -OCH3 is 1. The van der Waals surface area contributed by atoms with Crippen molar-refractivity contribution in [3.05, 3.63) is 35.9 Å². The van der Waals surface area contributed by atoms with Crippen molar-refractivity contribution < 1.29 is 23.9 Å². The van der Waals surface area contributed by atoms with Gasteiger partial charge in [-0.3, -0.25) is 4.79 Å². The normalized spacial score (nSPS) is 16.6. The van der Waals surface area contributed by atoms with Crippen molar-refractivity contribution in [1.29, 1.82) is 0 Å². The molecule has 1 fully saturated rings. The summed E-state index contributed by atoms with van der Waals surface area (Å²) in [6.07, 6.45) is 5.40. The summed E-state index contributed by atoms with van der Waals surface area (Å²) in [6.45, 7) is 5.68. The minimum absolute atomic E-state index is 0.122.